The molecule has 4 heteroatoms. The first kappa shape index (κ1) is 11.6. The lowest BCUT2D eigenvalue weighted by molar-refractivity contribution is 0.516. The van der Waals surface area contributed by atoms with Crippen molar-refractivity contribution >= 4 is 27.3 Å². The third-order valence-electron chi connectivity index (χ3n) is 3.10. The molecule has 1 aliphatic rings. The molecular formula is C11H17BrN2S. The largest absolute Gasteiger partial charge is 0.329 e. The Hall–Kier alpha value is 0.100. The summed E-state index contributed by atoms with van der Waals surface area (Å²) in [4.78, 5) is 1.32. The Balaban J connectivity index is 1.90. The van der Waals surface area contributed by atoms with Gasteiger partial charge in [-0.3, -0.25) is 0 Å². The van der Waals surface area contributed by atoms with E-state index in [2.05, 4.69) is 39.6 Å². The number of thiophene rings is 1. The molecule has 84 valence electrons. The van der Waals surface area contributed by atoms with Gasteiger partial charge in [-0.05, 0) is 52.2 Å². The Labute approximate surface area is 103 Å². The quantitative estimate of drug-likeness (QED) is 0.874. The highest BCUT2D eigenvalue weighted by atomic mass is 79.9. The van der Waals surface area contributed by atoms with Gasteiger partial charge in [0, 0.05) is 15.9 Å². The number of hydrogen-bond donors (Lipinski definition) is 2. The van der Waals surface area contributed by atoms with E-state index < -0.39 is 0 Å². The lowest BCUT2D eigenvalue weighted by Gasteiger charge is -2.15. The predicted molar refractivity (Wildman–Crippen MR) is 69.1 cm³/mol. The lowest BCUT2D eigenvalue weighted by atomic mass is 10.2. The second-order valence-corrected chi connectivity index (χ2v) is 6.10. The van der Waals surface area contributed by atoms with Gasteiger partial charge in [-0.1, -0.05) is 6.92 Å². The van der Waals surface area contributed by atoms with Crippen molar-refractivity contribution in [1.29, 1.82) is 0 Å². The maximum absolute atomic E-state index is 5.80. The van der Waals surface area contributed by atoms with E-state index in [1.807, 2.05) is 0 Å². The molecule has 3 unspecified atom stereocenters. The van der Waals surface area contributed by atoms with Crippen LogP contribution in [0.15, 0.2) is 15.9 Å². The number of rotatable bonds is 5. The van der Waals surface area contributed by atoms with E-state index >= 15 is 0 Å². The molecule has 2 rings (SSSR count). The van der Waals surface area contributed by atoms with E-state index in [-0.39, 0.29) is 0 Å². The standard InChI is InChI=1S/C11H17BrN2S/c1-7-4-8(7)6-14-10(5-13)11-9(12)2-3-15-11/h2-3,7-8,10,14H,4-6,13H2,1H3. The topological polar surface area (TPSA) is 38.0 Å². The molecule has 1 saturated carbocycles. The fourth-order valence-electron chi connectivity index (χ4n) is 1.81. The number of nitrogens with one attached hydrogen (secondary N) is 1. The zero-order valence-corrected chi connectivity index (χ0v) is 11.3. The minimum Gasteiger partial charge on any atom is -0.329 e. The van der Waals surface area contributed by atoms with Gasteiger partial charge in [0.2, 0.25) is 0 Å². The molecule has 0 saturated heterocycles. The first-order valence-corrected chi connectivity index (χ1v) is 7.06. The van der Waals surface area contributed by atoms with Crippen molar-refractivity contribution in [2.45, 2.75) is 19.4 Å². The Bertz CT molecular complexity index is 326. The molecule has 3 N–H and O–H groups in total. The second kappa shape index (κ2) is 4.95. The number of halogens is 1. The maximum atomic E-state index is 5.80. The van der Waals surface area contributed by atoms with Gasteiger partial charge in [0.25, 0.3) is 0 Å². The second-order valence-electron chi connectivity index (χ2n) is 4.30. The summed E-state index contributed by atoms with van der Waals surface area (Å²) in [6, 6.07) is 2.40. The molecule has 2 nitrogen and oxygen atoms in total. The van der Waals surface area contributed by atoms with Crippen LogP contribution in [-0.2, 0) is 0 Å². The minimum absolute atomic E-state index is 0.312. The van der Waals surface area contributed by atoms with Crippen LogP contribution in [0.25, 0.3) is 0 Å². The monoisotopic (exact) mass is 288 g/mol. The Kier molecular flexibility index (Phi) is 3.83. The van der Waals surface area contributed by atoms with Gasteiger partial charge in [-0.15, -0.1) is 11.3 Å². The van der Waals surface area contributed by atoms with Crippen LogP contribution in [0.4, 0.5) is 0 Å². The normalized spacial score (nSPS) is 26.6. The van der Waals surface area contributed by atoms with E-state index in [9.17, 15) is 0 Å². The molecular weight excluding hydrogens is 272 g/mol. The third kappa shape index (κ3) is 2.81. The molecule has 1 heterocycles. The molecule has 1 aromatic heterocycles. The summed E-state index contributed by atoms with van der Waals surface area (Å²) in [7, 11) is 0. The zero-order chi connectivity index (χ0) is 10.8. The Morgan fingerprint density at radius 3 is 2.93 bits per heavy atom. The molecule has 1 fully saturated rings. The van der Waals surface area contributed by atoms with Crippen LogP contribution in [0, 0.1) is 11.8 Å². The first-order valence-electron chi connectivity index (χ1n) is 5.38. The van der Waals surface area contributed by atoms with Crippen LogP contribution < -0.4 is 11.1 Å². The van der Waals surface area contributed by atoms with E-state index in [0.29, 0.717) is 12.6 Å². The molecule has 1 aromatic rings. The van der Waals surface area contributed by atoms with Crippen LogP contribution in [0.1, 0.15) is 24.3 Å². The van der Waals surface area contributed by atoms with E-state index in [0.717, 1.165) is 18.4 Å². The molecule has 3 atom stereocenters. The summed E-state index contributed by atoms with van der Waals surface area (Å²) >= 11 is 5.32. The lowest BCUT2D eigenvalue weighted by Crippen LogP contribution is -2.29. The minimum atomic E-state index is 0.312. The van der Waals surface area contributed by atoms with Crippen molar-refractivity contribution in [3.8, 4) is 0 Å². The van der Waals surface area contributed by atoms with Crippen molar-refractivity contribution in [3.63, 3.8) is 0 Å². The SMILES string of the molecule is CC1CC1CNC(CN)c1sccc1Br. The van der Waals surface area contributed by atoms with Gasteiger partial charge in [-0.2, -0.15) is 0 Å². The van der Waals surface area contributed by atoms with Gasteiger partial charge >= 0.3 is 0 Å². The number of nitrogens with two attached hydrogens (primary N) is 1. The van der Waals surface area contributed by atoms with Gasteiger partial charge in [-0.25, -0.2) is 0 Å². The van der Waals surface area contributed by atoms with Crippen molar-refractivity contribution in [1.82, 2.24) is 5.32 Å². The highest BCUT2D eigenvalue weighted by molar-refractivity contribution is 9.10. The maximum Gasteiger partial charge on any atom is 0.0550 e. The van der Waals surface area contributed by atoms with Crippen LogP contribution in [0.3, 0.4) is 0 Å². The highest BCUT2D eigenvalue weighted by Gasteiger charge is 2.32. The van der Waals surface area contributed by atoms with Crippen LogP contribution in [0.5, 0.6) is 0 Å². The Morgan fingerprint density at radius 1 is 1.73 bits per heavy atom. The highest BCUT2D eigenvalue weighted by Crippen LogP contribution is 2.37. The van der Waals surface area contributed by atoms with E-state index in [1.54, 1.807) is 11.3 Å². The summed E-state index contributed by atoms with van der Waals surface area (Å²) in [6.07, 6.45) is 1.37. The van der Waals surface area contributed by atoms with E-state index in [1.165, 1.54) is 15.8 Å². The summed E-state index contributed by atoms with van der Waals surface area (Å²) in [6.45, 7) is 4.08. The molecule has 0 aliphatic heterocycles. The molecule has 0 spiro atoms. The average molecular weight is 289 g/mol. The number of hydrogen-bond acceptors (Lipinski definition) is 3. The predicted octanol–water partition coefficient (Wildman–Crippen LogP) is 2.76. The van der Waals surface area contributed by atoms with Gasteiger partial charge < -0.3 is 11.1 Å². The molecule has 0 radical (unpaired) electrons. The molecule has 0 amide bonds. The molecule has 0 bridgehead atoms. The summed E-state index contributed by atoms with van der Waals surface area (Å²) < 4.78 is 1.18. The molecule has 0 aromatic carbocycles. The van der Waals surface area contributed by atoms with Gasteiger partial charge in [0.05, 0.1) is 6.04 Å². The van der Waals surface area contributed by atoms with Crippen LogP contribution in [0.2, 0.25) is 0 Å². The van der Waals surface area contributed by atoms with Crippen molar-refractivity contribution < 1.29 is 0 Å². The van der Waals surface area contributed by atoms with Crippen molar-refractivity contribution in [3.05, 3.63) is 20.8 Å². The van der Waals surface area contributed by atoms with Crippen molar-refractivity contribution in [2.75, 3.05) is 13.1 Å². The van der Waals surface area contributed by atoms with Crippen LogP contribution >= 0.6 is 27.3 Å². The van der Waals surface area contributed by atoms with E-state index in [4.69, 9.17) is 5.73 Å². The average Bonchev–Trinajstić information content (AvgIpc) is 2.75. The van der Waals surface area contributed by atoms with Gasteiger partial charge in [0.1, 0.15) is 0 Å². The fraction of sp³-hybridized carbons (Fsp3) is 0.636. The molecule has 1 aliphatic carbocycles. The summed E-state index contributed by atoms with van der Waals surface area (Å²) in [5.74, 6) is 1.78. The van der Waals surface area contributed by atoms with Crippen LogP contribution in [-0.4, -0.2) is 13.1 Å². The third-order valence-corrected chi connectivity index (χ3v) is 5.08. The Morgan fingerprint density at radius 2 is 2.47 bits per heavy atom. The smallest absolute Gasteiger partial charge is 0.0550 e. The summed E-state index contributed by atoms with van der Waals surface area (Å²) in [5, 5.41) is 5.66. The summed E-state index contributed by atoms with van der Waals surface area (Å²) in [5.41, 5.74) is 5.80. The zero-order valence-electron chi connectivity index (χ0n) is 8.87. The van der Waals surface area contributed by atoms with Crippen molar-refractivity contribution in [2.24, 2.45) is 17.6 Å². The first-order chi connectivity index (χ1) is 7.22. The fourth-order valence-corrected chi connectivity index (χ4v) is 3.55. The molecule has 15 heavy (non-hydrogen) atoms. The van der Waals surface area contributed by atoms with Gasteiger partial charge in [0.15, 0.2) is 0 Å².